The van der Waals surface area contributed by atoms with E-state index in [4.69, 9.17) is 5.26 Å². The second-order valence-electron chi connectivity index (χ2n) is 4.18. The van der Waals surface area contributed by atoms with Crippen LogP contribution in [-0.4, -0.2) is 0 Å². The molecule has 0 bridgehead atoms. The summed E-state index contributed by atoms with van der Waals surface area (Å²) in [6, 6.07) is 16.1. The lowest BCUT2D eigenvalue weighted by Crippen LogP contribution is -1.99. The minimum absolute atomic E-state index is 0.649. The van der Waals surface area contributed by atoms with E-state index in [1.165, 1.54) is 11.1 Å². The maximum atomic E-state index is 8.91. The van der Waals surface area contributed by atoms with Gasteiger partial charge in [-0.3, -0.25) is 0 Å². The van der Waals surface area contributed by atoms with Gasteiger partial charge in [0.1, 0.15) is 0 Å². The van der Waals surface area contributed by atoms with Crippen molar-refractivity contribution in [2.24, 2.45) is 0 Å². The van der Waals surface area contributed by atoms with E-state index < -0.39 is 0 Å². The Hall–Kier alpha value is -1.79. The molecule has 0 fully saturated rings. The highest BCUT2D eigenvalue weighted by molar-refractivity contribution is 9.10. The Morgan fingerprint density at radius 3 is 2.78 bits per heavy atom. The molecule has 0 aliphatic rings. The molecule has 0 aliphatic heterocycles. The van der Waals surface area contributed by atoms with E-state index in [1.54, 1.807) is 6.07 Å². The summed E-state index contributed by atoms with van der Waals surface area (Å²) in [5.74, 6) is 0. The zero-order valence-corrected chi connectivity index (χ0v) is 11.7. The summed E-state index contributed by atoms with van der Waals surface area (Å²) in [6.07, 6.45) is 0. The van der Waals surface area contributed by atoms with Crippen LogP contribution in [0.3, 0.4) is 0 Å². The molecule has 2 aromatic rings. The number of nitriles is 1. The lowest BCUT2D eigenvalue weighted by Gasteiger charge is -2.08. The molecule has 0 saturated carbocycles. The van der Waals surface area contributed by atoms with Gasteiger partial charge in [-0.2, -0.15) is 5.26 Å². The predicted molar refractivity (Wildman–Crippen MR) is 77.4 cm³/mol. The van der Waals surface area contributed by atoms with Crippen LogP contribution >= 0.6 is 15.9 Å². The van der Waals surface area contributed by atoms with Crippen molar-refractivity contribution in [3.05, 3.63) is 63.6 Å². The molecule has 2 rings (SSSR count). The van der Waals surface area contributed by atoms with Crippen LogP contribution in [0.15, 0.2) is 46.9 Å². The molecule has 18 heavy (non-hydrogen) atoms. The monoisotopic (exact) mass is 300 g/mol. The second-order valence-corrected chi connectivity index (χ2v) is 5.10. The van der Waals surface area contributed by atoms with Gasteiger partial charge in [0.05, 0.1) is 11.6 Å². The molecule has 3 heteroatoms. The van der Waals surface area contributed by atoms with Gasteiger partial charge < -0.3 is 5.32 Å². The lowest BCUT2D eigenvalue weighted by atomic mass is 10.1. The van der Waals surface area contributed by atoms with Crippen molar-refractivity contribution in [3.63, 3.8) is 0 Å². The fourth-order valence-corrected chi connectivity index (χ4v) is 2.28. The highest BCUT2D eigenvalue weighted by Crippen LogP contribution is 2.19. The zero-order chi connectivity index (χ0) is 13.0. The molecule has 0 atom stereocenters. The van der Waals surface area contributed by atoms with Crippen molar-refractivity contribution in [1.82, 2.24) is 0 Å². The summed E-state index contributed by atoms with van der Waals surface area (Å²) >= 11 is 3.40. The van der Waals surface area contributed by atoms with Crippen molar-refractivity contribution >= 4 is 21.6 Å². The molecule has 0 aromatic heterocycles. The van der Waals surface area contributed by atoms with Crippen LogP contribution in [0.4, 0.5) is 5.69 Å². The Labute approximate surface area is 115 Å². The smallest absolute Gasteiger partial charge is 0.0992 e. The maximum absolute atomic E-state index is 8.91. The number of aryl methyl sites for hydroxylation is 1. The minimum Gasteiger partial charge on any atom is -0.381 e. The average molecular weight is 301 g/mol. The molecule has 0 radical (unpaired) electrons. The van der Waals surface area contributed by atoms with Crippen LogP contribution in [0.25, 0.3) is 0 Å². The number of halogens is 1. The number of rotatable bonds is 3. The molecule has 0 aliphatic carbocycles. The largest absolute Gasteiger partial charge is 0.381 e. The number of anilines is 1. The topological polar surface area (TPSA) is 35.8 Å². The van der Waals surface area contributed by atoms with Crippen LogP contribution in [0.1, 0.15) is 16.7 Å². The van der Waals surface area contributed by atoms with Crippen LogP contribution in [0.2, 0.25) is 0 Å². The molecular formula is C15H13BrN2. The molecule has 1 N–H and O–H groups in total. The quantitative estimate of drug-likeness (QED) is 0.920. The number of nitrogens with one attached hydrogen (secondary N) is 1. The standard InChI is InChI=1S/C15H13BrN2/c1-11-3-2-4-12(5-11)10-18-15-7-13(9-17)6-14(16)8-15/h2-8,18H,10H2,1H3. The number of hydrogen-bond donors (Lipinski definition) is 1. The number of hydrogen-bond acceptors (Lipinski definition) is 2. The fraction of sp³-hybridized carbons (Fsp3) is 0.133. The normalized spacial score (nSPS) is 9.83. The van der Waals surface area contributed by atoms with Crippen LogP contribution in [0, 0.1) is 18.3 Å². The summed E-state index contributed by atoms with van der Waals surface area (Å²) in [5, 5.41) is 12.2. The third-order valence-corrected chi connectivity index (χ3v) is 3.06. The number of nitrogens with zero attached hydrogens (tertiary/aromatic N) is 1. The first kappa shape index (κ1) is 12.7. The lowest BCUT2D eigenvalue weighted by molar-refractivity contribution is 1.14. The van der Waals surface area contributed by atoms with E-state index >= 15 is 0 Å². The van der Waals surface area contributed by atoms with Gasteiger partial charge in [-0.05, 0) is 30.7 Å². The molecule has 0 saturated heterocycles. The average Bonchev–Trinajstić information content (AvgIpc) is 2.36. The summed E-state index contributed by atoms with van der Waals surface area (Å²) in [6.45, 7) is 2.83. The van der Waals surface area contributed by atoms with Crippen LogP contribution in [-0.2, 0) is 6.54 Å². The van der Waals surface area contributed by atoms with Gasteiger partial charge in [0.25, 0.3) is 0 Å². The van der Waals surface area contributed by atoms with Crippen molar-refractivity contribution in [2.75, 3.05) is 5.32 Å². The Balaban J connectivity index is 2.11. The third kappa shape index (κ3) is 3.35. The Kier molecular flexibility index (Phi) is 4.01. The van der Waals surface area contributed by atoms with Gasteiger partial charge in [0.15, 0.2) is 0 Å². The SMILES string of the molecule is Cc1cccc(CNc2cc(Br)cc(C#N)c2)c1. The van der Waals surface area contributed by atoms with Crippen molar-refractivity contribution < 1.29 is 0 Å². The second kappa shape index (κ2) is 5.70. The highest BCUT2D eigenvalue weighted by Gasteiger charge is 1.99. The predicted octanol–water partition coefficient (Wildman–Crippen LogP) is 4.24. The van der Waals surface area contributed by atoms with E-state index in [1.807, 2.05) is 18.2 Å². The molecule has 2 nitrogen and oxygen atoms in total. The molecule has 0 heterocycles. The summed E-state index contributed by atoms with van der Waals surface area (Å²) in [7, 11) is 0. The summed E-state index contributed by atoms with van der Waals surface area (Å²) in [4.78, 5) is 0. The van der Waals surface area contributed by atoms with E-state index in [-0.39, 0.29) is 0 Å². The molecular weight excluding hydrogens is 288 g/mol. The van der Waals surface area contributed by atoms with Gasteiger partial charge >= 0.3 is 0 Å². The highest BCUT2D eigenvalue weighted by atomic mass is 79.9. The van der Waals surface area contributed by atoms with Gasteiger partial charge in [0, 0.05) is 16.7 Å². The van der Waals surface area contributed by atoms with Gasteiger partial charge in [0.2, 0.25) is 0 Å². The van der Waals surface area contributed by atoms with Gasteiger partial charge in [-0.15, -0.1) is 0 Å². The van der Waals surface area contributed by atoms with Crippen molar-refractivity contribution in [1.29, 1.82) is 5.26 Å². The van der Waals surface area contributed by atoms with Crippen LogP contribution < -0.4 is 5.32 Å². The maximum Gasteiger partial charge on any atom is 0.0992 e. The molecule has 0 amide bonds. The van der Waals surface area contributed by atoms with E-state index in [9.17, 15) is 0 Å². The molecule has 0 spiro atoms. The Morgan fingerprint density at radius 1 is 1.22 bits per heavy atom. The Morgan fingerprint density at radius 2 is 2.06 bits per heavy atom. The first-order chi connectivity index (χ1) is 8.67. The first-order valence-electron chi connectivity index (χ1n) is 5.67. The van der Waals surface area contributed by atoms with Crippen LogP contribution in [0.5, 0.6) is 0 Å². The Bertz CT molecular complexity index is 600. The fourth-order valence-electron chi connectivity index (χ4n) is 1.78. The molecule has 2 aromatic carbocycles. The third-order valence-electron chi connectivity index (χ3n) is 2.61. The number of benzene rings is 2. The van der Waals surface area contributed by atoms with E-state index in [0.717, 1.165) is 16.7 Å². The summed E-state index contributed by atoms with van der Waals surface area (Å²) < 4.78 is 0.910. The van der Waals surface area contributed by atoms with Gasteiger partial charge in [-0.1, -0.05) is 45.8 Å². The van der Waals surface area contributed by atoms with E-state index in [0.29, 0.717) is 5.56 Å². The van der Waals surface area contributed by atoms with Crippen molar-refractivity contribution in [2.45, 2.75) is 13.5 Å². The van der Waals surface area contributed by atoms with Gasteiger partial charge in [-0.25, -0.2) is 0 Å². The first-order valence-corrected chi connectivity index (χ1v) is 6.47. The minimum atomic E-state index is 0.649. The molecule has 90 valence electrons. The zero-order valence-electron chi connectivity index (χ0n) is 10.1. The van der Waals surface area contributed by atoms with Crippen molar-refractivity contribution in [3.8, 4) is 6.07 Å². The summed E-state index contributed by atoms with van der Waals surface area (Å²) in [5.41, 5.74) is 4.08. The molecule has 0 unspecified atom stereocenters. The van der Waals surface area contributed by atoms with E-state index in [2.05, 4.69) is 52.4 Å².